The maximum atomic E-state index is 12.1. The average molecular weight is 297 g/mol. The summed E-state index contributed by atoms with van der Waals surface area (Å²) in [5.74, 6) is 0. The SMILES string of the molecule is O=S(=O)(NCc1ccccc1)c1ccc(CCO)s1. The lowest BCUT2D eigenvalue weighted by Crippen LogP contribution is -2.22. The highest BCUT2D eigenvalue weighted by molar-refractivity contribution is 7.91. The normalized spacial score (nSPS) is 11.6. The number of hydrogen-bond donors (Lipinski definition) is 2. The molecule has 0 unspecified atom stereocenters. The third-order valence-corrected chi connectivity index (χ3v) is 5.61. The molecule has 0 fully saturated rings. The Morgan fingerprint density at radius 2 is 1.84 bits per heavy atom. The number of thiophene rings is 1. The number of aliphatic hydroxyl groups is 1. The zero-order valence-electron chi connectivity index (χ0n) is 10.2. The van der Waals surface area contributed by atoms with Crippen molar-refractivity contribution in [3.63, 3.8) is 0 Å². The van der Waals surface area contributed by atoms with Gasteiger partial charge in [0, 0.05) is 24.4 Å². The second kappa shape index (κ2) is 6.29. The molecule has 0 saturated heterocycles. The molecule has 0 atom stereocenters. The summed E-state index contributed by atoms with van der Waals surface area (Å²) in [6.07, 6.45) is 0.485. The molecular formula is C13H15NO3S2. The molecule has 19 heavy (non-hydrogen) atoms. The second-order valence-electron chi connectivity index (χ2n) is 4.00. The number of hydrogen-bond acceptors (Lipinski definition) is 4. The Bertz CT molecular complexity index is 620. The van der Waals surface area contributed by atoms with Crippen molar-refractivity contribution < 1.29 is 13.5 Å². The fourth-order valence-electron chi connectivity index (χ4n) is 1.59. The Morgan fingerprint density at radius 3 is 2.53 bits per heavy atom. The van der Waals surface area contributed by atoms with Gasteiger partial charge in [-0.2, -0.15) is 0 Å². The third-order valence-electron chi connectivity index (χ3n) is 2.57. The number of rotatable bonds is 6. The molecule has 4 nitrogen and oxygen atoms in total. The molecule has 2 aromatic rings. The monoisotopic (exact) mass is 297 g/mol. The average Bonchev–Trinajstić information content (AvgIpc) is 2.88. The maximum Gasteiger partial charge on any atom is 0.250 e. The van der Waals surface area contributed by atoms with Crippen LogP contribution in [0.2, 0.25) is 0 Å². The quantitative estimate of drug-likeness (QED) is 0.854. The lowest BCUT2D eigenvalue weighted by Gasteiger charge is -2.04. The Kier molecular flexibility index (Phi) is 4.71. The van der Waals surface area contributed by atoms with Gasteiger partial charge in [0.2, 0.25) is 10.0 Å². The summed E-state index contributed by atoms with van der Waals surface area (Å²) in [5.41, 5.74) is 0.915. The molecule has 1 aromatic heterocycles. The minimum Gasteiger partial charge on any atom is -0.396 e. The fourth-order valence-corrected chi connectivity index (χ4v) is 4.00. The number of nitrogens with one attached hydrogen (secondary N) is 1. The van der Waals surface area contributed by atoms with Crippen molar-refractivity contribution in [2.75, 3.05) is 6.61 Å². The summed E-state index contributed by atoms with van der Waals surface area (Å²) in [4.78, 5) is 0.864. The van der Waals surface area contributed by atoms with Crippen LogP contribution in [0, 0.1) is 0 Å². The van der Waals surface area contributed by atoms with Crippen LogP contribution in [0.4, 0.5) is 0 Å². The van der Waals surface area contributed by atoms with E-state index in [1.807, 2.05) is 30.3 Å². The summed E-state index contributed by atoms with van der Waals surface area (Å²) in [7, 11) is -3.47. The molecule has 0 saturated carbocycles. The molecule has 2 rings (SSSR count). The van der Waals surface area contributed by atoms with Crippen LogP contribution in [-0.4, -0.2) is 20.1 Å². The highest BCUT2D eigenvalue weighted by Crippen LogP contribution is 2.21. The van der Waals surface area contributed by atoms with Gasteiger partial charge in [0.1, 0.15) is 4.21 Å². The summed E-state index contributed by atoms with van der Waals surface area (Å²) >= 11 is 1.19. The molecule has 0 aliphatic heterocycles. The van der Waals surface area contributed by atoms with Gasteiger partial charge in [-0.15, -0.1) is 11.3 Å². The first-order chi connectivity index (χ1) is 9.12. The lowest BCUT2D eigenvalue weighted by molar-refractivity contribution is 0.300. The fraction of sp³-hybridized carbons (Fsp3) is 0.231. The molecule has 0 amide bonds. The molecule has 1 heterocycles. The topological polar surface area (TPSA) is 66.4 Å². The van der Waals surface area contributed by atoms with Gasteiger partial charge >= 0.3 is 0 Å². The van der Waals surface area contributed by atoms with Crippen LogP contribution < -0.4 is 4.72 Å². The van der Waals surface area contributed by atoms with Crippen LogP contribution in [-0.2, 0) is 23.0 Å². The second-order valence-corrected chi connectivity index (χ2v) is 7.17. The molecular weight excluding hydrogens is 282 g/mol. The largest absolute Gasteiger partial charge is 0.396 e. The first-order valence-electron chi connectivity index (χ1n) is 5.85. The summed E-state index contributed by atoms with van der Waals surface area (Å²) < 4.78 is 27.0. The first kappa shape index (κ1) is 14.2. The summed E-state index contributed by atoms with van der Waals surface area (Å²) in [6, 6.07) is 12.7. The van der Waals surface area contributed by atoms with Gasteiger partial charge in [-0.3, -0.25) is 0 Å². The van der Waals surface area contributed by atoms with Crippen molar-refractivity contribution in [1.29, 1.82) is 0 Å². The standard InChI is InChI=1S/C13H15NO3S2/c15-9-8-12-6-7-13(18-12)19(16,17)14-10-11-4-2-1-3-5-11/h1-7,14-15H,8-10H2. The van der Waals surface area contributed by atoms with E-state index in [0.717, 1.165) is 10.4 Å². The van der Waals surface area contributed by atoms with Crippen LogP contribution in [0.1, 0.15) is 10.4 Å². The van der Waals surface area contributed by atoms with Crippen LogP contribution >= 0.6 is 11.3 Å². The van der Waals surface area contributed by atoms with E-state index >= 15 is 0 Å². The third kappa shape index (κ3) is 3.87. The van der Waals surface area contributed by atoms with Gasteiger partial charge in [0.25, 0.3) is 0 Å². The van der Waals surface area contributed by atoms with Crippen molar-refractivity contribution in [2.24, 2.45) is 0 Å². The molecule has 0 aliphatic rings. The van der Waals surface area contributed by atoms with Crippen molar-refractivity contribution >= 4 is 21.4 Å². The molecule has 0 aliphatic carbocycles. The first-order valence-corrected chi connectivity index (χ1v) is 8.15. The number of sulfonamides is 1. The van der Waals surface area contributed by atoms with E-state index in [1.54, 1.807) is 12.1 Å². The zero-order valence-corrected chi connectivity index (χ0v) is 11.9. The molecule has 102 valence electrons. The Hall–Kier alpha value is -1.21. The van der Waals surface area contributed by atoms with Gasteiger partial charge in [-0.1, -0.05) is 30.3 Å². The van der Waals surface area contributed by atoms with Crippen molar-refractivity contribution in [2.45, 2.75) is 17.2 Å². The van der Waals surface area contributed by atoms with Crippen molar-refractivity contribution in [1.82, 2.24) is 4.72 Å². The molecule has 0 radical (unpaired) electrons. The van der Waals surface area contributed by atoms with Gasteiger partial charge in [0.15, 0.2) is 0 Å². The maximum absolute atomic E-state index is 12.1. The lowest BCUT2D eigenvalue weighted by atomic mass is 10.2. The van der Waals surface area contributed by atoms with Crippen LogP contribution in [0.3, 0.4) is 0 Å². The van der Waals surface area contributed by atoms with E-state index in [9.17, 15) is 8.42 Å². The van der Waals surface area contributed by atoms with Crippen LogP contribution in [0.5, 0.6) is 0 Å². The highest BCUT2D eigenvalue weighted by Gasteiger charge is 2.16. The van der Waals surface area contributed by atoms with E-state index in [2.05, 4.69) is 4.72 Å². The Balaban J connectivity index is 2.05. The Labute approximate surface area is 116 Å². The molecule has 0 bridgehead atoms. The molecule has 0 spiro atoms. The minimum absolute atomic E-state index is 0.0252. The Morgan fingerprint density at radius 1 is 1.11 bits per heavy atom. The van der Waals surface area contributed by atoms with Crippen molar-refractivity contribution in [3.8, 4) is 0 Å². The number of benzene rings is 1. The van der Waals surface area contributed by atoms with E-state index in [-0.39, 0.29) is 17.4 Å². The molecule has 1 aromatic carbocycles. The van der Waals surface area contributed by atoms with E-state index in [0.29, 0.717) is 6.42 Å². The smallest absolute Gasteiger partial charge is 0.250 e. The van der Waals surface area contributed by atoms with E-state index in [4.69, 9.17) is 5.11 Å². The molecule has 2 N–H and O–H groups in total. The predicted molar refractivity (Wildman–Crippen MR) is 75.6 cm³/mol. The highest BCUT2D eigenvalue weighted by atomic mass is 32.2. The minimum atomic E-state index is -3.47. The van der Waals surface area contributed by atoms with Gasteiger partial charge in [-0.25, -0.2) is 13.1 Å². The van der Waals surface area contributed by atoms with Gasteiger partial charge < -0.3 is 5.11 Å². The number of aliphatic hydroxyl groups excluding tert-OH is 1. The predicted octanol–water partition coefficient (Wildman–Crippen LogP) is 1.76. The summed E-state index contributed by atoms with van der Waals surface area (Å²) in [6.45, 7) is 0.299. The van der Waals surface area contributed by atoms with Crippen molar-refractivity contribution in [3.05, 3.63) is 52.9 Å². The van der Waals surface area contributed by atoms with E-state index in [1.165, 1.54) is 11.3 Å². The van der Waals surface area contributed by atoms with Gasteiger partial charge in [0.05, 0.1) is 0 Å². The summed E-state index contributed by atoms with van der Waals surface area (Å²) in [5, 5.41) is 8.83. The van der Waals surface area contributed by atoms with E-state index < -0.39 is 10.0 Å². The van der Waals surface area contributed by atoms with Crippen LogP contribution in [0.15, 0.2) is 46.7 Å². The van der Waals surface area contributed by atoms with Crippen LogP contribution in [0.25, 0.3) is 0 Å². The van der Waals surface area contributed by atoms with Gasteiger partial charge in [-0.05, 0) is 17.7 Å². The molecule has 6 heteroatoms. The zero-order chi connectivity index (χ0) is 13.7.